The lowest BCUT2D eigenvalue weighted by Crippen LogP contribution is -2.28. The van der Waals surface area contributed by atoms with E-state index in [0.717, 1.165) is 30.9 Å². The topological polar surface area (TPSA) is 72.1 Å². The van der Waals surface area contributed by atoms with Crippen molar-refractivity contribution in [3.05, 3.63) is 24.0 Å². The Hall–Kier alpha value is -2.08. The van der Waals surface area contributed by atoms with Crippen molar-refractivity contribution in [2.75, 3.05) is 27.3 Å². The highest BCUT2D eigenvalue weighted by Gasteiger charge is 2.22. The molecule has 1 aliphatic heterocycles. The fraction of sp³-hybridized carbons (Fsp3) is 0.467. The maximum atomic E-state index is 5.41. The first-order valence-corrected chi connectivity index (χ1v) is 7.18. The van der Waals surface area contributed by atoms with Crippen LogP contribution in [0.3, 0.4) is 0 Å². The zero-order valence-electron chi connectivity index (χ0n) is 12.3. The third-order valence-electron chi connectivity index (χ3n) is 3.84. The van der Waals surface area contributed by atoms with Crippen molar-refractivity contribution in [2.24, 2.45) is 0 Å². The molecule has 112 valence electrons. The maximum absolute atomic E-state index is 5.41. The average molecular weight is 288 g/mol. The summed E-state index contributed by atoms with van der Waals surface area (Å²) in [7, 11) is 3.27. The molecule has 1 aromatic heterocycles. The van der Waals surface area contributed by atoms with Gasteiger partial charge in [0.1, 0.15) is 22.9 Å². The summed E-state index contributed by atoms with van der Waals surface area (Å²) in [4.78, 5) is 4.65. The summed E-state index contributed by atoms with van der Waals surface area (Å²) < 4.78 is 10.8. The van der Waals surface area contributed by atoms with Gasteiger partial charge in [-0.05, 0) is 31.5 Å². The fourth-order valence-electron chi connectivity index (χ4n) is 2.73. The van der Waals surface area contributed by atoms with E-state index in [9.17, 15) is 0 Å². The lowest BCUT2D eigenvalue weighted by atomic mass is 9.99. The van der Waals surface area contributed by atoms with Crippen LogP contribution in [0.2, 0.25) is 0 Å². The van der Waals surface area contributed by atoms with E-state index in [1.807, 2.05) is 18.2 Å². The molecule has 6 heteroatoms. The van der Waals surface area contributed by atoms with Crippen LogP contribution >= 0.6 is 0 Å². The van der Waals surface area contributed by atoms with Crippen LogP contribution in [0.4, 0.5) is 0 Å². The first-order chi connectivity index (χ1) is 10.3. The SMILES string of the molecule is COc1cccc(OC)c1-c1n[nH]c(C2CCCNC2)n1. The Morgan fingerprint density at radius 3 is 2.57 bits per heavy atom. The first-order valence-electron chi connectivity index (χ1n) is 7.18. The number of aromatic amines is 1. The number of hydrogen-bond donors (Lipinski definition) is 2. The molecule has 1 aromatic carbocycles. The zero-order valence-corrected chi connectivity index (χ0v) is 12.3. The van der Waals surface area contributed by atoms with Crippen molar-refractivity contribution in [3.63, 3.8) is 0 Å². The van der Waals surface area contributed by atoms with Gasteiger partial charge in [0, 0.05) is 12.5 Å². The molecule has 0 spiro atoms. The zero-order chi connectivity index (χ0) is 14.7. The smallest absolute Gasteiger partial charge is 0.188 e. The summed E-state index contributed by atoms with van der Waals surface area (Å²) >= 11 is 0. The highest BCUT2D eigenvalue weighted by atomic mass is 16.5. The van der Waals surface area contributed by atoms with Gasteiger partial charge in [0.05, 0.1) is 14.2 Å². The van der Waals surface area contributed by atoms with Gasteiger partial charge in [0.15, 0.2) is 5.82 Å². The Kier molecular flexibility index (Phi) is 4.06. The van der Waals surface area contributed by atoms with Crippen LogP contribution in [0.1, 0.15) is 24.6 Å². The van der Waals surface area contributed by atoms with Gasteiger partial charge in [-0.1, -0.05) is 6.07 Å². The molecule has 1 aliphatic rings. The van der Waals surface area contributed by atoms with Crippen LogP contribution in [0.15, 0.2) is 18.2 Å². The van der Waals surface area contributed by atoms with E-state index in [2.05, 4.69) is 20.5 Å². The first kappa shape index (κ1) is 13.9. The quantitative estimate of drug-likeness (QED) is 0.899. The van der Waals surface area contributed by atoms with Crippen LogP contribution in [0.25, 0.3) is 11.4 Å². The van der Waals surface area contributed by atoms with Gasteiger partial charge in [0.2, 0.25) is 0 Å². The predicted molar refractivity (Wildman–Crippen MR) is 79.8 cm³/mol. The third kappa shape index (κ3) is 2.71. The molecule has 2 N–H and O–H groups in total. The van der Waals surface area contributed by atoms with Crippen molar-refractivity contribution in [1.82, 2.24) is 20.5 Å². The number of nitrogens with one attached hydrogen (secondary N) is 2. The summed E-state index contributed by atoms with van der Waals surface area (Å²) in [6.45, 7) is 2.02. The number of hydrogen-bond acceptors (Lipinski definition) is 5. The van der Waals surface area contributed by atoms with Gasteiger partial charge in [-0.2, -0.15) is 5.10 Å². The average Bonchev–Trinajstić information content (AvgIpc) is 3.04. The second-order valence-electron chi connectivity index (χ2n) is 5.13. The van der Waals surface area contributed by atoms with E-state index in [0.29, 0.717) is 23.2 Å². The summed E-state index contributed by atoms with van der Waals surface area (Å²) in [5.74, 6) is 3.35. The fourth-order valence-corrected chi connectivity index (χ4v) is 2.73. The summed E-state index contributed by atoms with van der Waals surface area (Å²) in [6.07, 6.45) is 2.30. The molecule has 2 aromatic rings. The van der Waals surface area contributed by atoms with Gasteiger partial charge >= 0.3 is 0 Å². The molecule has 1 unspecified atom stereocenters. The minimum absolute atomic E-state index is 0.390. The molecule has 0 aliphatic carbocycles. The molecule has 21 heavy (non-hydrogen) atoms. The normalized spacial score (nSPS) is 18.5. The number of piperidine rings is 1. The van der Waals surface area contributed by atoms with Crippen molar-refractivity contribution in [3.8, 4) is 22.9 Å². The van der Waals surface area contributed by atoms with Crippen molar-refractivity contribution < 1.29 is 9.47 Å². The van der Waals surface area contributed by atoms with Crippen molar-refractivity contribution in [1.29, 1.82) is 0 Å². The van der Waals surface area contributed by atoms with Crippen molar-refractivity contribution >= 4 is 0 Å². The van der Waals surface area contributed by atoms with Crippen molar-refractivity contribution in [2.45, 2.75) is 18.8 Å². The van der Waals surface area contributed by atoms with Gasteiger partial charge in [0.25, 0.3) is 0 Å². The predicted octanol–water partition coefficient (Wildman–Crippen LogP) is 1.96. The van der Waals surface area contributed by atoms with E-state index >= 15 is 0 Å². The van der Waals surface area contributed by atoms with Crippen LogP contribution in [-0.2, 0) is 0 Å². The van der Waals surface area contributed by atoms with E-state index in [1.165, 1.54) is 6.42 Å². The molecular weight excluding hydrogens is 268 g/mol. The molecule has 2 heterocycles. The number of H-pyrrole nitrogens is 1. The lowest BCUT2D eigenvalue weighted by Gasteiger charge is -2.20. The Balaban J connectivity index is 1.95. The number of nitrogens with zero attached hydrogens (tertiary/aromatic N) is 2. The Morgan fingerprint density at radius 2 is 1.95 bits per heavy atom. The molecule has 3 rings (SSSR count). The number of ether oxygens (including phenoxy) is 2. The molecule has 0 radical (unpaired) electrons. The summed E-state index contributed by atoms with van der Waals surface area (Å²) in [5.41, 5.74) is 0.786. The molecule has 0 saturated carbocycles. The monoisotopic (exact) mass is 288 g/mol. The summed E-state index contributed by atoms with van der Waals surface area (Å²) in [6, 6.07) is 5.66. The minimum atomic E-state index is 0.390. The molecule has 1 fully saturated rings. The van der Waals surface area contributed by atoms with E-state index in [-0.39, 0.29) is 0 Å². The molecule has 1 atom stereocenters. The maximum Gasteiger partial charge on any atom is 0.188 e. The second kappa shape index (κ2) is 6.13. The number of aromatic nitrogens is 3. The molecule has 0 amide bonds. The third-order valence-corrected chi connectivity index (χ3v) is 3.84. The largest absolute Gasteiger partial charge is 0.496 e. The van der Waals surface area contributed by atoms with Gasteiger partial charge < -0.3 is 14.8 Å². The number of rotatable bonds is 4. The highest BCUT2D eigenvalue weighted by Crippen LogP contribution is 2.36. The standard InChI is InChI=1S/C15H20N4O2/c1-20-11-6-3-7-12(21-2)13(11)15-17-14(18-19-15)10-5-4-8-16-9-10/h3,6-7,10,16H,4-5,8-9H2,1-2H3,(H,17,18,19). The Labute approximate surface area is 123 Å². The minimum Gasteiger partial charge on any atom is -0.496 e. The van der Waals surface area contributed by atoms with Crippen LogP contribution in [0.5, 0.6) is 11.5 Å². The lowest BCUT2D eigenvalue weighted by molar-refractivity contribution is 0.397. The van der Waals surface area contributed by atoms with Gasteiger partial charge in [-0.15, -0.1) is 0 Å². The molecule has 1 saturated heterocycles. The number of benzene rings is 1. The van der Waals surface area contributed by atoms with E-state index in [4.69, 9.17) is 9.47 Å². The van der Waals surface area contributed by atoms with Crippen LogP contribution in [0, 0.1) is 0 Å². The molecule has 0 bridgehead atoms. The second-order valence-corrected chi connectivity index (χ2v) is 5.13. The van der Waals surface area contributed by atoms with Gasteiger partial charge in [-0.25, -0.2) is 4.98 Å². The van der Waals surface area contributed by atoms with E-state index in [1.54, 1.807) is 14.2 Å². The highest BCUT2D eigenvalue weighted by molar-refractivity contribution is 5.71. The Bertz CT molecular complexity index is 583. The number of methoxy groups -OCH3 is 2. The molecule has 6 nitrogen and oxygen atoms in total. The molecular formula is C15H20N4O2. The summed E-state index contributed by atoms with van der Waals surface area (Å²) in [5, 5.41) is 10.8. The van der Waals surface area contributed by atoms with Gasteiger partial charge in [-0.3, -0.25) is 5.10 Å². The van der Waals surface area contributed by atoms with E-state index < -0.39 is 0 Å². The van der Waals surface area contributed by atoms with Crippen LogP contribution in [-0.4, -0.2) is 42.5 Å². The van der Waals surface area contributed by atoms with Crippen LogP contribution < -0.4 is 14.8 Å². The Morgan fingerprint density at radius 1 is 1.19 bits per heavy atom.